The summed E-state index contributed by atoms with van der Waals surface area (Å²) in [6.07, 6.45) is 4.75. The van der Waals surface area contributed by atoms with Gasteiger partial charge in [-0.1, -0.05) is 20.3 Å². The molecular weight excluding hydrogens is 230 g/mol. The molecule has 0 heterocycles. The second-order valence-electron chi connectivity index (χ2n) is 5.68. The van der Waals surface area contributed by atoms with Crippen LogP contribution in [0.3, 0.4) is 0 Å². The van der Waals surface area contributed by atoms with Crippen LogP contribution in [-0.4, -0.2) is 36.9 Å². The number of nitrogens with one attached hydrogen (secondary N) is 1. The summed E-state index contributed by atoms with van der Waals surface area (Å²) in [6.45, 7) is 6.83. The van der Waals surface area contributed by atoms with Crippen LogP contribution in [0.4, 0.5) is 0 Å². The predicted molar refractivity (Wildman–Crippen MR) is 71.7 cm³/mol. The minimum atomic E-state index is -0.637. The molecule has 1 saturated carbocycles. The lowest BCUT2D eigenvalue weighted by Gasteiger charge is -2.27. The fraction of sp³-hybridized carbons (Fsp3) is 0.929. The molecule has 2 N–H and O–H groups in total. The summed E-state index contributed by atoms with van der Waals surface area (Å²) in [6, 6.07) is 0.380. The Bertz CT molecular complexity index is 243. The van der Waals surface area contributed by atoms with Gasteiger partial charge in [-0.3, -0.25) is 4.79 Å². The smallest absolute Gasteiger partial charge is 0.306 e. The fourth-order valence-corrected chi connectivity index (χ4v) is 2.40. The number of carbonyl (C=O) groups is 1. The second-order valence-corrected chi connectivity index (χ2v) is 5.68. The molecule has 1 aliphatic carbocycles. The molecule has 0 aromatic rings. The van der Waals surface area contributed by atoms with Crippen molar-refractivity contribution in [1.82, 2.24) is 5.32 Å². The third-order valence-electron chi connectivity index (χ3n) is 3.37. The highest BCUT2D eigenvalue weighted by molar-refractivity contribution is 5.70. The van der Waals surface area contributed by atoms with Crippen LogP contribution in [0, 0.1) is 11.8 Å². The first-order valence-electron chi connectivity index (χ1n) is 7.13. The molecule has 2 atom stereocenters. The van der Waals surface area contributed by atoms with Crippen molar-refractivity contribution in [3.05, 3.63) is 0 Å². The topological polar surface area (TPSA) is 58.6 Å². The number of rotatable bonds is 8. The van der Waals surface area contributed by atoms with Gasteiger partial charge in [0.15, 0.2) is 0 Å². The first-order valence-corrected chi connectivity index (χ1v) is 7.13. The fourth-order valence-electron chi connectivity index (χ4n) is 2.40. The summed E-state index contributed by atoms with van der Waals surface area (Å²) in [7, 11) is 0. The second kappa shape index (κ2) is 8.48. The Labute approximate surface area is 110 Å². The first kappa shape index (κ1) is 15.4. The molecular formula is C14H27NO3. The minimum absolute atomic E-state index is 0.145. The third-order valence-corrected chi connectivity index (χ3v) is 3.37. The van der Waals surface area contributed by atoms with Gasteiger partial charge in [0.05, 0.1) is 5.92 Å². The molecule has 4 heteroatoms. The lowest BCUT2D eigenvalue weighted by molar-refractivity contribution is -0.143. The summed E-state index contributed by atoms with van der Waals surface area (Å²) >= 11 is 0. The molecule has 18 heavy (non-hydrogen) atoms. The Balaban J connectivity index is 2.03. The van der Waals surface area contributed by atoms with Gasteiger partial charge in [-0.25, -0.2) is 0 Å². The Morgan fingerprint density at radius 2 is 2.22 bits per heavy atom. The van der Waals surface area contributed by atoms with E-state index in [0.717, 1.165) is 51.9 Å². The average molecular weight is 257 g/mol. The van der Waals surface area contributed by atoms with Crippen LogP contribution in [0.25, 0.3) is 0 Å². The maximum absolute atomic E-state index is 10.9. The van der Waals surface area contributed by atoms with Crippen LogP contribution >= 0.6 is 0 Å². The van der Waals surface area contributed by atoms with Gasteiger partial charge >= 0.3 is 5.97 Å². The normalized spacial score (nSPS) is 24.4. The van der Waals surface area contributed by atoms with Gasteiger partial charge in [0, 0.05) is 19.3 Å². The van der Waals surface area contributed by atoms with E-state index >= 15 is 0 Å². The van der Waals surface area contributed by atoms with Crippen LogP contribution in [0.1, 0.15) is 46.0 Å². The van der Waals surface area contributed by atoms with Gasteiger partial charge in [0.2, 0.25) is 0 Å². The minimum Gasteiger partial charge on any atom is -0.481 e. The summed E-state index contributed by atoms with van der Waals surface area (Å²) < 4.78 is 5.51. The highest BCUT2D eigenvalue weighted by Gasteiger charge is 2.26. The van der Waals surface area contributed by atoms with Crippen molar-refractivity contribution in [1.29, 1.82) is 0 Å². The van der Waals surface area contributed by atoms with Crippen molar-refractivity contribution in [3.8, 4) is 0 Å². The Hall–Kier alpha value is -0.610. The number of carboxylic acids is 1. The molecule has 1 rings (SSSR count). The maximum atomic E-state index is 10.9. The largest absolute Gasteiger partial charge is 0.481 e. The molecule has 106 valence electrons. The molecule has 0 radical (unpaired) electrons. The van der Waals surface area contributed by atoms with E-state index in [1.807, 2.05) is 0 Å². The number of ether oxygens (including phenoxy) is 1. The molecule has 0 amide bonds. The zero-order valence-corrected chi connectivity index (χ0v) is 11.7. The monoisotopic (exact) mass is 257 g/mol. The summed E-state index contributed by atoms with van der Waals surface area (Å²) in [5, 5.41) is 12.5. The molecule has 0 aromatic heterocycles. The van der Waals surface area contributed by atoms with Crippen molar-refractivity contribution in [2.75, 3.05) is 19.8 Å². The molecule has 0 bridgehead atoms. The van der Waals surface area contributed by atoms with Gasteiger partial charge in [-0.15, -0.1) is 0 Å². The zero-order chi connectivity index (χ0) is 13.4. The predicted octanol–water partition coefficient (Wildman–Crippen LogP) is 2.28. The summed E-state index contributed by atoms with van der Waals surface area (Å²) in [4.78, 5) is 10.9. The van der Waals surface area contributed by atoms with Crippen LogP contribution in [0.15, 0.2) is 0 Å². The molecule has 0 spiro atoms. The highest BCUT2D eigenvalue weighted by atomic mass is 16.5. The van der Waals surface area contributed by atoms with E-state index in [9.17, 15) is 4.79 Å². The van der Waals surface area contributed by atoms with Gasteiger partial charge in [0.25, 0.3) is 0 Å². The number of carboxylic acid groups (broad SMARTS) is 1. The van der Waals surface area contributed by atoms with E-state index in [0.29, 0.717) is 12.0 Å². The third kappa shape index (κ3) is 6.36. The zero-order valence-electron chi connectivity index (χ0n) is 11.7. The summed E-state index contributed by atoms with van der Waals surface area (Å²) in [5.74, 6) is -0.192. The Kier molecular flexibility index (Phi) is 7.28. The molecule has 0 aromatic carbocycles. The number of hydrogen-bond donors (Lipinski definition) is 2. The van der Waals surface area contributed by atoms with Crippen LogP contribution < -0.4 is 5.32 Å². The Morgan fingerprint density at radius 3 is 2.89 bits per heavy atom. The lowest BCUT2D eigenvalue weighted by Crippen LogP contribution is -2.37. The van der Waals surface area contributed by atoms with E-state index in [-0.39, 0.29) is 5.92 Å². The molecule has 0 aliphatic heterocycles. The number of aliphatic carboxylic acids is 1. The quantitative estimate of drug-likeness (QED) is 0.655. The van der Waals surface area contributed by atoms with E-state index in [1.165, 1.54) is 0 Å². The highest BCUT2D eigenvalue weighted by Crippen LogP contribution is 2.24. The molecule has 0 saturated heterocycles. The van der Waals surface area contributed by atoms with Gasteiger partial charge in [0.1, 0.15) is 0 Å². The van der Waals surface area contributed by atoms with Crippen molar-refractivity contribution < 1.29 is 14.6 Å². The van der Waals surface area contributed by atoms with E-state index in [4.69, 9.17) is 9.84 Å². The van der Waals surface area contributed by atoms with E-state index in [1.54, 1.807) is 0 Å². The van der Waals surface area contributed by atoms with Gasteiger partial charge < -0.3 is 15.2 Å². The number of hydrogen-bond acceptors (Lipinski definition) is 3. The SMILES string of the molecule is CC(C)COCCCNC1CCCC(C(=O)O)C1. The standard InChI is InChI=1S/C14H27NO3/c1-11(2)10-18-8-4-7-15-13-6-3-5-12(9-13)14(16)17/h11-13,15H,3-10H2,1-2H3,(H,16,17). The van der Waals surface area contributed by atoms with E-state index < -0.39 is 5.97 Å². The van der Waals surface area contributed by atoms with Crippen LogP contribution in [0.2, 0.25) is 0 Å². The van der Waals surface area contributed by atoms with Crippen LogP contribution in [-0.2, 0) is 9.53 Å². The van der Waals surface area contributed by atoms with Crippen molar-refractivity contribution in [3.63, 3.8) is 0 Å². The molecule has 4 nitrogen and oxygen atoms in total. The maximum Gasteiger partial charge on any atom is 0.306 e. The Morgan fingerprint density at radius 1 is 1.44 bits per heavy atom. The average Bonchev–Trinajstić information content (AvgIpc) is 2.33. The lowest BCUT2D eigenvalue weighted by atomic mass is 9.86. The molecule has 1 fully saturated rings. The van der Waals surface area contributed by atoms with Crippen molar-refractivity contribution >= 4 is 5.97 Å². The first-order chi connectivity index (χ1) is 8.59. The van der Waals surface area contributed by atoms with E-state index in [2.05, 4.69) is 19.2 Å². The molecule has 1 aliphatic rings. The van der Waals surface area contributed by atoms with Crippen molar-refractivity contribution in [2.24, 2.45) is 11.8 Å². The van der Waals surface area contributed by atoms with Crippen LogP contribution in [0.5, 0.6) is 0 Å². The van der Waals surface area contributed by atoms with Gasteiger partial charge in [-0.05, 0) is 38.1 Å². The summed E-state index contributed by atoms with van der Waals surface area (Å²) in [5.41, 5.74) is 0. The molecule has 2 unspecified atom stereocenters. The van der Waals surface area contributed by atoms with Gasteiger partial charge in [-0.2, -0.15) is 0 Å². The van der Waals surface area contributed by atoms with Crippen molar-refractivity contribution in [2.45, 2.75) is 52.0 Å².